The molecule has 5 rings (SSSR count). The van der Waals surface area contributed by atoms with Crippen LogP contribution in [-0.2, 0) is 18.4 Å². The van der Waals surface area contributed by atoms with Gasteiger partial charge in [-0.3, -0.25) is 0 Å². The highest BCUT2D eigenvalue weighted by molar-refractivity contribution is 5.71. The second-order valence-corrected chi connectivity index (χ2v) is 10.2. The first-order valence-corrected chi connectivity index (χ1v) is 11.7. The van der Waals surface area contributed by atoms with Crippen LogP contribution in [0.15, 0.2) is 24.5 Å². The molecule has 160 valence electrons. The second kappa shape index (κ2) is 7.40. The predicted octanol–water partition coefficient (Wildman–Crippen LogP) is 3.93. The van der Waals surface area contributed by atoms with Gasteiger partial charge in [0.2, 0.25) is 5.82 Å². The Labute approximate surface area is 180 Å². The van der Waals surface area contributed by atoms with Crippen LogP contribution in [0.25, 0.3) is 0 Å². The third-order valence-electron chi connectivity index (χ3n) is 7.79. The fourth-order valence-electron chi connectivity index (χ4n) is 6.36. The normalized spacial score (nSPS) is 26.9. The minimum atomic E-state index is 0.226. The Bertz CT molecular complexity index is 947. The highest BCUT2D eigenvalue weighted by atomic mass is 15.4. The van der Waals surface area contributed by atoms with Gasteiger partial charge in [0.1, 0.15) is 12.0 Å². The van der Waals surface area contributed by atoms with Gasteiger partial charge in [-0.2, -0.15) is 4.98 Å². The minimum absolute atomic E-state index is 0.226. The molecule has 1 spiro atoms. The summed E-state index contributed by atoms with van der Waals surface area (Å²) in [5.74, 6) is 1.79. The van der Waals surface area contributed by atoms with Crippen LogP contribution < -0.4 is 15.1 Å². The zero-order chi connectivity index (χ0) is 20.9. The van der Waals surface area contributed by atoms with Crippen LogP contribution in [0, 0.1) is 0 Å². The Kier molecular flexibility index (Phi) is 4.96. The van der Waals surface area contributed by atoms with Crippen molar-refractivity contribution >= 4 is 11.5 Å². The summed E-state index contributed by atoms with van der Waals surface area (Å²) < 4.78 is 0.819. The number of benzene rings is 1. The fraction of sp³-hybridized carbons (Fsp3) is 0.600. The molecule has 5 heteroatoms. The maximum Gasteiger partial charge on any atom is 0.239 e. The summed E-state index contributed by atoms with van der Waals surface area (Å²) in [6.45, 7) is 11.1. The summed E-state index contributed by atoms with van der Waals surface area (Å²) in [4.78, 5) is 9.62. The monoisotopic (exact) mass is 406 g/mol. The van der Waals surface area contributed by atoms with Gasteiger partial charge in [0.05, 0.1) is 30.3 Å². The summed E-state index contributed by atoms with van der Waals surface area (Å²) in [7, 11) is 2.41. The Morgan fingerprint density at radius 2 is 2.03 bits per heavy atom. The molecule has 2 aliphatic heterocycles. The zero-order valence-electron chi connectivity index (χ0n) is 19.0. The van der Waals surface area contributed by atoms with Crippen molar-refractivity contribution in [1.82, 2.24) is 25.1 Å². The molecule has 1 saturated heterocycles. The number of hydrogen-bond acceptors (Lipinski definition) is 4. The first-order valence-electron chi connectivity index (χ1n) is 11.7. The highest BCUT2D eigenvalue weighted by Gasteiger charge is 2.55. The van der Waals surface area contributed by atoms with Crippen molar-refractivity contribution in [3.8, 4) is 0 Å². The Morgan fingerprint density at radius 3 is 2.80 bits per heavy atom. The van der Waals surface area contributed by atoms with Gasteiger partial charge in [0, 0.05) is 18.2 Å². The molecule has 1 fully saturated rings. The van der Waals surface area contributed by atoms with E-state index in [9.17, 15) is 0 Å². The lowest BCUT2D eigenvalue weighted by molar-refractivity contribution is 0.272. The number of piperidine rings is 1. The molecular weight excluding hydrogens is 370 g/mol. The average molecular weight is 407 g/mol. The molecule has 3 aliphatic rings. The van der Waals surface area contributed by atoms with Gasteiger partial charge in [-0.05, 0) is 56.3 Å². The molecule has 1 aromatic heterocycles. The van der Waals surface area contributed by atoms with Gasteiger partial charge in [-0.1, -0.05) is 32.9 Å². The summed E-state index contributed by atoms with van der Waals surface area (Å²) in [6.07, 6.45) is 6.51. The van der Waals surface area contributed by atoms with E-state index in [4.69, 9.17) is 4.98 Å². The molecule has 0 bridgehead atoms. The van der Waals surface area contributed by atoms with Crippen molar-refractivity contribution in [1.29, 1.82) is 0 Å². The third kappa shape index (κ3) is 3.02. The summed E-state index contributed by atoms with van der Waals surface area (Å²) >= 11 is 0. The summed E-state index contributed by atoms with van der Waals surface area (Å²) in [5, 5.41) is 7.29. The number of rotatable bonds is 4. The van der Waals surface area contributed by atoms with Crippen LogP contribution in [0.2, 0.25) is 0 Å². The van der Waals surface area contributed by atoms with Crippen molar-refractivity contribution in [2.75, 3.05) is 26.7 Å². The van der Waals surface area contributed by atoms with E-state index in [1.807, 2.05) is 6.33 Å². The average Bonchev–Trinajstić information content (AvgIpc) is 3.24. The Morgan fingerprint density at radius 1 is 1.23 bits per heavy atom. The number of likely N-dealkylation sites (N-methyl/N-ethyl adjacent to an activating group) is 1. The van der Waals surface area contributed by atoms with Crippen LogP contribution >= 0.6 is 0 Å². The lowest BCUT2D eigenvalue weighted by atomic mass is 9.73. The first-order chi connectivity index (χ1) is 14.4. The third-order valence-corrected chi connectivity index (χ3v) is 7.79. The summed E-state index contributed by atoms with van der Waals surface area (Å²) in [6, 6.07) is 7.47. The van der Waals surface area contributed by atoms with Gasteiger partial charge in [-0.25, -0.2) is 9.47 Å². The highest BCUT2D eigenvalue weighted by Crippen LogP contribution is 2.55. The van der Waals surface area contributed by atoms with Crippen molar-refractivity contribution in [2.24, 2.45) is 0 Å². The smallest absolute Gasteiger partial charge is 0.239 e. The predicted molar refractivity (Wildman–Crippen MR) is 123 cm³/mol. The van der Waals surface area contributed by atoms with E-state index < -0.39 is 0 Å². The molecule has 1 unspecified atom stereocenters. The van der Waals surface area contributed by atoms with E-state index >= 15 is 0 Å². The number of nitrogens with one attached hydrogen (secondary N) is 2. The van der Waals surface area contributed by atoms with Crippen molar-refractivity contribution in [2.45, 2.75) is 70.4 Å². The van der Waals surface area contributed by atoms with E-state index in [2.05, 4.69) is 61.6 Å². The maximum atomic E-state index is 4.97. The Hall–Kier alpha value is -1.82. The molecule has 2 N–H and O–H groups in total. The number of aromatic nitrogens is 2. The number of aryl methyl sites for hydroxylation is 1. The molecule has 1 aliphatic carbocycles. The fourth-order valence-corrected chi connectivity index (χ4v) is 6.36. The molecule has 30 heavy (non-hydrogen) atoms. The van der Waals surface area contributed by atoms with Gasteiger partial charge in [0.15, 0.2) is 0 Å². The SMILES string of the molecule is CC(C)NCc1cccc2c1C1(CCNCC1)C[N@@+]2(C)c1ncnc2c1C(C)CC2. The number of nitrogens with zero attached hydrogens (tertiary/aromatic N) is 3. The van der Waals surface area contributed by atoms with Crippen molar-refractivity contribution in [3.63, 3.8) is 0 Å². The van der Waals surface area contributed by atoms with Crippen molar-refractivity contribution < 1.29 is 0 Å². The molecule has 5 nitrogen and oxygen atoms in total. The zero-order valence-corrected chi connectivity index (χ0v) is 19.0. The molecule has 0 radical (unpaired) electrons. The summed E-state index contributed by atoms with van der Waals surface area (Å²) in [5.41, 5.74) is 7.45. The second-order valence-electron chi connectivity index (χ2n) is 10.2. The molecule has 0 amide bonds. The molecule has 2 aromatic rings. The number of hydrogen-bond donors (Lipinski definition) is 2. The van der Waals surface area contributed by atoms with Crippen LogP contribution in [0.5, 0.6) is 0 Å². The van der Waals surface area contributed by atoms with Gasteiger partial charge >= 0.3 is 0 Å². The Balaban J connectivity index is 1.69. The maximum absolute atomic E-state index is 4.97. The molecular formula is C25H36N5+. The minimum Gasteiger partial charge on any atom is -0.317 e. The molecule has 0 saturated carbocycles. The van der Waals surface area contributed by atoms with E-state index in [-0.39, 0.29) is 5.41 Å². The standard InChI is InChI=1S/C25H36N5/c1-17(2)27-14-19-6-5-7-21-23(19)25(10-12-26-13-11-25)15-30(21,4)24-22-18(3)8-9-20(22)28-16-29-24/h5-7,16-18,26-27H,8-15H2,1-4H3/q+1/t18?,30-/m1/s1. The molecule has 1 aromatic carbocycles. The van der Waals surface area contributed by atoms with E-state index in [1.165, 1.54) is 47.6 Å². The van der Waals surface area contributed by atoms with Crippen LogP contribution in [0.1, 0.15) is 68.3 Å². The quantitative estimate of drug-likeness (QED) is 0.756. The topological polar surface area (TPSA) is 49.8 Å². The lowest BCUT2D eigenvalue weighted by Crippen LogP contribution is -2.49. The van der Waals surface area contributed by atoms with Crippen LogP contribution in [0.3, 0.4) is 0 Å². The van der Waals surface area contributed by atoms with Crippen LogP contribution in [-0.4, -0.2) is 42.7 Å². The van der Waals surface area contributed by atoms with Crippen LogP contribution in [0.4, 0.5) is 11.5 Å². The number of quaternary nitrogens is 1. The number of fused-ring (bicyclic) bond motifs is 3. The molecule has 2 atom stereocenters. The van der Waals surface area contributed by atoms with E-state index in [0.29, 0.717) is 12.0 Å². The van der Waals surface area contributed by atoms with E-state index in [1.54, 1.807) is 5.56 Å². The van der Waals surface area contributed by atoms with Gasteiger partial charge < -0.3 is 10.6 Å². The largest absolute Gasteiger partial charge is 0.317 e. The molecule has 3 heterocycles. The first kappa shape index (κ1) is 20.1. The van der Waals surface area contributed by atoms with Gasteiger partial charge in [-0.15, -0.1) is 0 Å². The lowest BCUT2D eigenvalue weighted by Gasteiger charge is -2.36. The van der Waals surface area contributed by atoms with Gasteiger partial charge in [0.25, 0.3) is 0 Å². The van der Waals surface area contributed by atoms with Crippen molar-refractivity contribution in [3.05, 3.63) is 46.9 Å². The van der Waals surface area contributed by atoms with E-state index in [0.717, 1.165) is 37.1 Å².